The van der Waals surface area contributed by atoms with Crippen molar-refractivity contribution >= 4 is 5.91 Å². The molecule has 6 nitrogen and oxygen atoms in total. The highest BCUT2D eigenvalue weighted by Gasteiger charge is 2.41. The van der Waals surface area contributed by atoms with Crippen LogP contribution in [0.3, 0.4) is 0 Å². The van der Waals surface area contributed by atoms with Gasteiger partial charge in [0.05, 0.1) is 12.0 Å². The second-order valence-corrected chi connectivity index (χ2v) is 5.55. The third-order valence-corrected chi connectivity index (χ3v) is 4.62. The summed E-state index contributed by atoms with van der Waals surface area (Å²) in [6, 6.07) is 0. The number of amides is 1. The van der Waals surface area contributed by atoms with Crippen molar-refractivity contribution in [1.29, 1.82) is 0 Å². The standard InChI is InChI=1S/C13H21N5O/c1-2-13(3-5-14-6-4-13)12(19)17-7-8-18-10-15-16-11(18)9-17/h10,14H,2-9H2,1H3. The van der Waals surface area contributed by atoms with Gasteiger partial charge in [-0.2, -0.15) is 0 Å². The second kappa shape index (κ2) is 4.92. The number of hydrogen-bond acceptors (Lipinski definition) is 4. The summed E-state index contributed by atoms with van der Waals surface area (Å²) in [5.41, 5.74) is -0.159. The number of nitrogens with one attached hydrogen (secondary N) is 1. The Morgan fingerprint density at radius 3 is 2.95 bits per heavy atom. The highest BCUT2D eigenvalue weighted by Crippen LogP contribution is 2.35. The molecule has 2 aliphatic rings. The monoisotopic (exact) mass is 263 g/mol. The van der Waals surface area contributed by atoms with Gasteiger partial charge in [-0.05, 0) is 32.4 Å². The lowest BCUT2D eigenvalue weighted by molar-refractivity contribution is -0.145. The minimum absolute atomic E-state index is 0.159. The van der Waals surface area contributed by atoms with E-state index in [0.717, 1.165) is 51.3 Å². The van der Waals surface area contributed by atoms with Crippen LogP contribution in [0.5, 0.6) is 0 Å². The van der Waals surface area contributed by atoms with Gasteiger partial charge in [-0.3, -0.25) is 4.79 Å². The number of carbonyl (C=O) groups is 1. The van der Waals surface area contributed by atoms with E-state index in [2.05, 4.69) is 22.4 Å². The molecular formula is C13H21N5O. The summed E-state index contributed by atoms with van der Waals surface area (Å²) in [4.78, 5) is 14.8. The zero-order valence-corrected chi connectivity index (χ0v) is 11.4. The molecule has 3 heterocycles. The molecule has 0 aromatic carbocycles. The Labute approximate surface area is 113 Å². The number of fused-ring (bicyclic) bond motifs is 1. The second-order valence-electron chi connectivity index (χ2n) is 5.55. The zero-order chi connectivity index (χ0) is 13.3. The SMILES string of the molecule is CCC1(C(=O)N2CCn3cnnc3C2)CCNCC1. The molecule has 1 fully saturated rings. The van der Waals surface area contributed by atoms with Crippen LogP contribution < -0.4 is 5.32 Å². The van der Waals surface area contributed by atoms with Crippen LogP contribution >= 0.6 is 0 Å². The molecule has 1 amide bonds. The Hall–Kier alpha value is -1.43. The molecule has 1 aromatic heterocycles. The van der Waals surface area contributed by atoms with Crippen LogP contribution in [0, 0.1) is 5.41 Å². The largest absolute Gasteiger partial charge is 0.333 e. The number of aromatic nitrogens is 3. The van der Waals surface area contributed by atoms with E-state index in [9.17, 15) is 4.79 Å². The quantitative estimate of drug-likeness (QED) is 0.839. The highest BCUT2D eigenvalue weighted by atomic mass is 16.2. The minimum atomic E-state index is -0.159. The van der Waals surface area contributed by atoms with Gasteiger partial charge in [0.15, 0.2) is 5.82 Å². The van der Waals surface area contributed by atoms with E-state index in [1.165, 1.54) is 0 Å². The van der Waals surface area contributed by atoms with Crippen molar-refractivity contribution < 1.29 is 4.79 Å². The molecule has 2 aliphatic heterocycles. The normalized spacial score (nSPS) is 22.1. The Balaban J connectivity index is 1.77. The van der Waals surface area contributed by atoms with E-state index in [-0.39, 0.29) is 5.41 Å². The predicted molar refractivity (Wildman–Crippen MR) is 70.3 cm³/mol. The first-order valence-electron chi connectivity index (χ1n) is 7.12. The average Bonchev–Trinajstić information content (AvgIpc) is 2.94. The topological polar surface area (TPSA) is 63.1 Å². The summed E-state index contributed by atoms with van der Waals surface area (Å²) in [6.07, 6.45) is 4.57. The summed E-state index contributed by atoms with van der Waals surface area (Å²) >= 11 is 0. The van der Waals surface area contributed by atoms with Gasteiger partial charge in [0.2, 0.25) is 5.91 Å². The van der Waals surface area contributed by atoms with Crippen LogP contribution in [0.4, 0.5) is 0 Å². The van der Waals surface area contributed by atoms with E-state index in [1.807, 2.05) is 9.47 Å². The molecule has 0 aliphatic carbocycles. The lowest BCUT2D eigenvalue weighted by atomic mass is 9.75. The van der Waals surface area contributed by atoms with E-state index in [0.29, 0.717) is 12.5 Å². The summed E-state index contributed by atoms with van der Waals surface area (Å²) in [6.45, 7) is 6.22. The van der Waals surface area contributed by atoms with Gasteiger partial charge in [0.25, 0.3) is 0 Å². The van der Waals surface area contributed by atoms with Crippen LogP contribution in [0.25, 0.3) is 0 Å². The number of hydrogen-bond donors (Lipinski definition) is 1. The van der Waals surface area contributed by atoms with Gasteiger partial charge in [0.1, 0.15) is 6.33 Å². The third-order valence-electron chi connectivity index (χ3n) is 4.62. The molecule has 0 radical (unpaired) electrons. The molecule has 3 rings (SSSR count). The zero-order valence-electron chi connectivity index (χ0n) is 11.4. The van der Waals surface area contributed by atoms with Crippen LogP contribution in [-0.2, 0) is 17.9 Å². The van der Waals surface area contributed by atoms with Gasteiger partial charge in [-0.15, -0.1) is 10.2 Å². The molecule has 0 spiro atoms. The van der Waals surface area contributed by atoms with Crippen LogP contribution in [0.1, 0.15) is 32.0 Å². The van der Waals surface area contributed by atoms with Gasteiger partial charge < -0.3 is 14.8 Å². The van der Waals surface area contributed by atoms with Crippen molar-refractivity contribution in [3.8, 4) is 0 Å². The first-order chi connectivity index (χ1) is 9.25. The molecule has 6 heteroatoms. The van der Waals surface area contributed by atoms with Crippen molar-refractivity contribution in [3.63, 3.8) is 0 Å². The summed E-state index contributed by atoms with van der Waals surface area (Å²) < 4.78 is 2.03. The molecule has 19 heavy (non-hydrogen) atoms. The van der Waals surface area contributed by atoms with Crippen LogP contribution in [0.2, 0.25) is 0 Å². The molecule has 0 saturated carbocycles. The molecule has 1 aromatic rings. The summed E-state index contributed by atoms with van der Waals surface area (Å²) in [5.74, 6) is 1.21. The summed E-state index contributed by atoms with van der Waals surface area (Å²) in [7, 11) is 0. The molecule has 0 unspecified atom stereocenters. The number of nitrogens with zero attached hydrogens (tertiary/aromatic N) is 4. The lowest BCUT2D eigenvalue weighted by Crippen LogP contribution is -2.50. The van der Waals surface area contributed by atoms with Gasteiger partial charge in [0, 0.05) is 13.1 Å². The van der Waals surface area contributed by atoms with E-state index in [4.69, 9.17) is 0 Å². The lowest BCUT2D eigenvalue weighted by Gasteiger charge is -2.40. The van der Waals surface area contributed by atoms with E-state index < -0.39 is 0 Å². The third kappa shape index (κ3) is 2.14. The van der Waals surface area contributed by atoms with Crippen LogP contribution in [0.15, 0.2) is 6.33 Å². The number of piperidine rings is 1. The molecule has 104 valence electrons. The fourth-order valence-corrected chi connectivity index (χ4v) is 3.20. The Morgan fingerprint density at radius 1 is 1.42 bits per heavy atom. The average molecular weight is 263 g/mol. The number of rotatable bonds is 2. The molecule has 0 atom stereocenters. The van der Waals surface area contributed by atoms with Crippen molar-refractivity contribution in [2.24, 2.45) is 5.41 Å². The van der Waals surface area contributed by atoms with Crippen LogP contribution in [-0.4, -0.2) is 45.2 Å². The smallest absolute Gasteiger partial charge is 0.229 e. The molecule has 1 saturated heterocycles. The first kappa shape index (κ1) is 12.6. The van der Waals surface area contributed by atoms with Gasteiger partial charge in [-0.25, -0.2) is 0 Å². The van der Waals surface area contributed by atoms with Gasteiger partial charge >= 0.3 is 0 Å². The fraction of sp³-hybridized carbons (Fsp3) is 0.769. The number of carbonyl (C=O) groups excluding carboxylic acids is 1. The van der Waals surface area contributed by atoms with E-state index >= 15 is 0 Å². The predicted octanol–water partition coefficient (Wildman–Crippen LogP) is 0.400. The molecular weight excluding hydrogens is 242 g/mol. The molecule has 0 bridgehead atoms. The van der Waals surface area contributed by atoms with Crippen molar-refractivity contribution in [1.82, 2.24) is 25.0 Å². The Morgan fingerprint density at radius 2 is 2.21 bits per heavy atom. The van der Waals surface area contributed by atoms with E-state index in [1.54, 1.807) is 6.33 Å². The maximum absolute atomic E-state index is 12.9. The van der Waals surface area contributed by atoms with Crippen molar-refractivity contribution in [2.45, 2.75) is 39.3 Å². The Kier molecular flexibility index (Phi) is 3.26. The minimum Gasteiger partial charge on any atom is -0.333 e. The summed E-state index contributed by atoms with van der Waals surface area (Å²) in [5, 5.41) is 11.3. The maximum atomic E-state index is 12.9. The molecule has 1 N–H and O–H groups in total. The highest BCUT2D eigenvalue weighted by molar-refractivity contribution is 5.83. The fourth-order valence-electron chi connectivity index (χ4n) is 3.20. The van der Waals surface area contributed by atoms with Crippen molar-refractivity contribution in [2.75, 3.05) is 19.6 Å². The van der Waals surface area contributed by atoms with Gasteiger partial charge in [-0.1, -0.05) is 6.92 Å². The maximum Gasteiger partial charge on any atom is 0.229 e. The van der Waals surface area contributed by atoms with Crippen molar-refractivity contribution in [3.05, 3.63) is 12.2 Å². The Bertz CT molecular complexity index is 463. The first-order valence-corrected chi connectivity index (χ1v) is 7.12.